The highest BCUT2D eigenvalue weighted by Crippen LogP contribution is 2.30. The van der Waals surface area contributed by atoms with Gasteiger partial charge in [0.2, 0.25) is 0 Å². The first-order valence-electron chi connectivity index (χ1n) is 10.7. The van der Waals surface area contributed by atoms with Crippen molar-refractivity contribution in [2.75, 3.05) is 18.0 Å². The van der Waals surface area contributed by atoms with Crippen LogP contribution in [0.3, 0.4) is 0 Å². The van der Waals surface area contributed by atoms with Crippen LogP contribution in [0.1, 0.15) is 37.7 Å². The SMILES string of the molecule is CCc1n[nH]c2ccc(-c3c(C)nc4c(C)cc(N5C[C@@H](C)O[C@@H](C)C5)nn34)cc12. The smallest absolute Gasteiger partial charge is 0.157 e. The Labute approximate surface area is 176 Å². The van der Waals surface area contributed by atoms with Crippen molar-refractivity contribution in [3.05, 3.63) is 41.2 Å². The van der Waals surface area contributed by atoms with Gasteiger partial charge in [-0.15, -0.1) is 5.10 Å². The van der Waals surface area contributed by atoms with Crippen LogP contribution in [0.25, 0.3) is 27.8 Å². The van der Waals surface area contributed by atoms with E-state index in [1.807, 2.05) is 4.52 Å². The Hall–Kier alpha value is -2.93. The molecule has 156 valence electrons. The normalized spacial score (nSPS) is 19.8. The summed E-state index contributed by atoms with van der Waals surface area (Å²) in [7, 11) is 0. The van der Waals surface area contributed by atoms with Crippen LogP contribution in [0.5, 0.6) is 0 Å². The van der Waals surface area contributed by atoms with E-state index in [4.69, 9.17) is 14.8 Å². The Kier molecular flexibility index (Phi) is 4.50. The fraction of sp³-hybridized carbons (Fsp3) is 0.435. The fourth-order valence-electron chi connectivity index (χ4n) is 4.60. The summed E-state index contributed by atoms with van der Waals surface area (Å²) in [5, 5.41) is 13.8. The lowest BCUT2D eigenvalue weighted by atomic mass is 10.1. The van der Waals surface area contributed by atoms with Crippen molar-refractivity contribution in [3.63, 3.8) is 0 Å². The van der Waals surface area contributed by atoms with E-state index in [1.165, 1.54) is 0 Å². The second-order valence-corrected chi connectivity index (χ2v) is 8.41. The Bertz CT molecular complexity index is 1230. The Morgan fingerprint density at radius 2 is 1.90 bits per heavy atom. The van der Waals surface area contributed by atoms with Gasteiger partial charge in [0, 0.05) is 24.0 Å². The molecule has 4 aromatic rings. The maximum Gasteiger partial charge on any atom is 0.157 e. The van der Waals surface area contributed by atoms with Crippen LogP contribution < -0.4 is 4.90 Å². The summed E-state index contributed by atoms with van der Waals surface area (Å²) in [5.41, 5.74) is 7.30. The van der Waals surface area contributed by atoms with Gasteiger partial charge in [0.25, 0.3) is 0 Å². The Balaban J connectivity index is 1.67. The number of ether oxygens (including phenoxy) is 1. The second kappa shape index (κ2) is 7.09. The number of aromatic nitrogens is 5. The predicted molar refractivity (Wildman–Crippen MR) is 119 cm³/mol. The van der Waals surface area contributed by atoms with E-state index in [1.54, 1.807) is 0 Å². The lowest BCUT2D eigenvalue weighted by molar-refractivity contribution is -0.00551. The quantitative estimate of drug-likeness (QED) is 0.557. The number of morpholine rings is 1. The van der Waals surface area contributed by atoms with Crippen molar-refractivity contribution < 1.29 is 4.74 Å². The summed E-state index contributed by atoms with van der Waals surface area (Å²) in [6.07, 6.45) is 1.27. The monoisotopic (exact) mass is 404 g/mol. The van der Waals surface area contributed by atoms with Crippen molar-refractivity contribution >= 4 is 22.4 Å². The van der Waals surface area contributed by atoms with Gasteiger partial charge in [0.05, 0.1) is 34.8 Å². The minimum atomic E-state index is 0.187. The van der Waals surface area contributed by atoms with Gasteiger partial charge in [-0.25, -0.2) is 9.50 Å². The van der Waals surface area contributed by atoms with Crippen LogP contribution in [0.15, 0.2) is 24.3 Å². The third kappa shape index (κ3) is 3.04. The van der Waals surface area contributed by atoms with Gasteiger partial charge >= 0.3 is 0 Å². The van der Waals surface area contributed by atoms with Crippen LogP contribution in [-0.2, 0) is 11.2 Å². The lowest BCUT2D eigenvalue weighted by Gasteiger charge is -2.36. The molecule has 5 rings (SSSR count). The lowest BCUT2D eigenvalue weighted by Crippen LogP contribution is -2.46. The molecule has 3 aromatic heterocycles. The molecular weight excluding hydrogens is 376 g/mol. The van der Waals surface area contributed by atoms with Crippen LogP contribution >= 0.6 is 0 Å². The number of nitrogens with one attached hydrogen (secondary N) is 1. The van der Waals surface area contributed by atoms with E-state index in [0.717, 1.165) is 70.1 Å². The number of hydrogen-bond donors (Lipinski definition) is 1. The molecule has 0 radical (unpaired) electrons. The Morgan fingerprint density at radius 1 is 1.13 bits per heavy atom. The second-order valence-electron chi connectivity index (χ2n) is 8.41. The standard InChI is InChI=1S/C23H28N6O/c1-6-19-18-10-17(7-8-20(18)26-25-19)22-16(5)24-23-13(2)9-21(27-29(22)23)28-11-14(3)30-15(4)12-28/h7-10,14-15H,6,11-12H2,1-5H3,(H,25,26)/t14-,15+. The first-order valence-corrected chi connectivity index (χ1v) is 10.7. The molecule has 0 bridgehead atoms. The highest BCUT2D eigenvalue weighted by atomic mass is 16.5. The first-order chi connectivity index (χ1) is 14.4. The molecule has 7 nitrogen and oxygen atoms in total. The number of fused-ring (bicyclic) bond motifs is 2. The zero-order chi connectivity index (χ0) is 21.0. The minimum absolute atomic E-state index is 0.187. The molecule has 7 heteroatoms. The number of nitrogens with zero attached hydrogens (tertiary/aromatic N) is 5. The first kappa shape index (κ1) is 19.1. The van der Waals surface area contributed by atoms with Gasteiger partial charge in [-0.2, -0.15) is 5.10 Å². The van der Waals surface area contributed by atoms with Gasteiger partial charge in [0.1, 0.15) is 5.82 Å². The van der Waals surface area contributed by atoms with Gasteiger partial charge in [-0.1, -0.05) is 13.0 Å². The van der Waals surface area contributed by atoms with Crippen LogP contribution in [-0.4, -0.2) is 50.1 Å². The molecule has 1 aromatic carbocycles. The molecule has 1 saturated heterocycles. The number of hydrogen-bond acceptors (Lipinski definition) is 5. The van der Waals surface area contributed by atoms with Crippen LogP contribution in [0.2, 0.25) is 0 Å². The van der Waals surface area contributed by atoms with Crippen molar-refractivity contribution in [2.45, 2.75) is 53.2 Å². The molecule has 4 heterocycles. The number of imidazole rings is 1. The number of rotatable bonds is 3. The molecule has 0 aliphatic carbocycles. The summed E-state index contributed by atoms with van der Waals surface area (Å²) in [5.74, 6) is 0.972. The number of anilines is 1. The molecule has 1 aliphatic rings. The molecule has 0 spiro atoms. The van der Waals surface area contributed by atoms with Crippen molar-refractivity contribution in [1.82, 2.24) is 24.8 Å². The average molecular weight is 405 g/mol. The molecule has 0 unspecified atom stereocenters. The van der Waals surface area contributed by atoms with E-state index in [0.29, 0.717) is 0 Å². The van der Waals surface area contributed by atoms with Crippen molar-refractivity contribution in [2.24, 2.45) is 0 Å². The van der Waals surface area contributed by atoms with E-state index < -0.39 is 0 Å². The van der Waals surface area contributed by atoms with Gasteiger partial charge in [0.15, 0.2) is 5.65 Å². The summed E-state index contributed by atoms with van der Waals surface area (Å²) in [6, 6.07) is 8.57. The minimum Gasteiger partial charge on any atom is -0.372 e. The molecule has 2 atom stereocenters. The fourth-order valence-corrected chi connectivity index (χ4v) is 4.60. The van der Waals surface area contributed by atoms with E-state index in [9.17, 15) is 0 Å². The summed E-state index contributed by atoms with van der Waals surface area (Å²) in [4.78, 5) is 7.17. The molecule has 0 amide bonds. The van der Waals surface area contributed by atoms with Crippen molar-refractivity contribution in [1.29, 1.82) is 0 Å². The molecule has 1 aliphatic heterocycles. The maximum atomic E-state index is 5.91. The average Bonchev–Trinajstić information content (AvgIpc) is 3.27. The number of aromatic amines is 1. The van der Waals surface area contributed by atoms with E-state index in [-0.39, 0.29) is 12.2 Å². The molecule has 1 N–H and O–H groups in total. The Morgan fingerprint density at radius 3 is 2.63 bits per heavy atom. The molecule has 0 saturated carbocycles. The van der Waals surface area contributed by atoms with Gasteiger partial charge in [-0.05, 0) is 57.9 Å². The number of aryl methyl sites for hydroxylation is 3. The molecular formula is C23H28N6O. The zero-order valence-electron chi connectivity index (χ0n) is 18.2. The molecule has 1 fully saturated rings. The van der Waals surface area contributed by atoms with Gasteiger partial charge < -0.3 is 9.64 Å². The number of H-pyrrole nitrogens is 1. The van der Waals surface area contributed by atoms with Gasteiger partial charge in [-0.3, -0.25) is 5.10 Å². The highest BCUT2D eigenvalue weighted by Gasteiger charge is 2.25. The summed E-state index contributed by atoms with van der Waals surface area (Å²) in [6.45, 7) is 12.2. The predicted octanol–water partition coefficient (Wildman–Crippen LogP) is 4.07. The highest BCUT2D eigenvalue weighted by molar-refractivity contribution is 5.87. The van der Waals surface area contributed by atoms with Crippen LogP contribution in [0.4, 0.5) is 5.82 Å². The van der Waals surface area contributed by atoms with Crippen LogP contribution in [0, 0.1) is 13.8 Å². The zero-order valence-corrected chi connectivity index (χ0v) is 18.2. The van der Waals surface area contributed by atoms with Crippen molar-refractivity contribution in [3.8, 4) is 11.3 Å². The van der Waals surface area contributed by atoms with E-state index >= 15 is 0 Å². The van der Waals surface area contributed by atoms with E-state index in [2.05, 4.69) is 74.0 Å². The summed E-state index contributed by atoms with van der Waals surface area (Å²) >= 11 is 0. The molecule has 30 heavy (non-hydrogen) atoms. The number of benzene rings is 1. The third-order valence-corrected chi connectivity index (χ3v) is 5.92. The largest absolute Gasteiger partial charge is 0.372 e. The summed E-state index contributed by atoms with van der Waals surface area (Å²) < 4.78 is 7.92. The third-order valence-electron chi connectivity index (χ3n) is 5.92. The maximum absolute atomic E-state index is 5.91. The topological polar surface area (TPSA) is 71.3 Å².